The number of hydrogen-bond acceptors (Lipinski definition) is 4. The van der Waals surface area contributed by atoms with Crippen LogP contribution in [-0.4, -0.2) is 38.4 Å². The third-order valence-corrected chi connectivity index (χ3v) is 4.27. The summed E-state index contributed by atoms with van der Waals surface area (Å²) in [6.07, 6.45) is 2.96. The van der Waals surface area contributed by atoms with Crippen molar-refractivity contribution in [1.29, 1.82) is 0 Å². The zero-order valence-electron chi connectivity index (χ0n) is 15.8. The first-order chi connectivity index (χ1) is 13.0. The summed E-state index contributed by atoms with van der Waals surface area (Å²) < 4.78 is 1.89. The van der Waals surface area contributed by atoms with Gasteiger partial charge in [-0.15, -0.1) is 0 Å². The fraction of sp³-hybridized carbons (Fsp3) is 0.286. The number of carbonyl (C=O) groups excluding carboxylic acids is 1. The Kier molecular flexibility index (Phi) is 5.66. The first-order valence-electron chi connectivity index (χ1n) is 9.04. The molecule has 0 fully saturated rings. The largest absolute Gasteiger partial charge is 0.392 e. The average molecular weight is 364 g/mol. The second-order valence-corrected chi connectivity index (χ2v) is 6.61. The number of aliphatic hydroxyl groups excluding tert-OH is 1. The van der Waals surface area contributed by atoms with E-state index in [0.29, 0.717) is 5.56 Å². The number of pyridine rings is 1. The van der Waals surface area contributed by atoms with E-state index in [9.17, 15) is 9.90 Å². The number of rotatable bonds is 6. The molecule has 2 heterocycles. The van der Waals surface area contributed by atoms with Gasteiger partial charge in [0.15, 0.2) is 0 Å². The van der Waals surface area contributed by atoms with Gasteiger partial charge < -0.3 is 10.4 Å². The smallest absolute Gasteiger partial charge is 0.251 e. The Morgan fingerprint density at radius 1 is 1.22 bits per heavy atom. The monoisotopic (exact) mass is 364 g/mol. The summed E-state index contributed by atoms with van der Waals surface area (Å²) >= 11 is 0. The summed E-state index contributed by atoms with van der Waals surface area (Å²) in [5.74, 6) is -0.228. The number of benzene rings is 1. The fourth-order valence-corrected chi connectivity index (χ4v) is 2.87. The van der Waals surface area contributed by atoms with Crippen molar-refractivity contribution in [2.45, 2.75) is 33.4 Å². The third kappa shape index (κ3) is 4.41. The molecule has 1 amide bonds. The van der Waals surface area contributed by atoms with Crippen LogP contribution in [0.1, 0.15) is 29.8 Å². The molecule has 0 spiro atoms. The lowest BCUT2D eigenvalue weighted by atomic mass is 10.00. The van der Waals surface area contributed by atoms with E-state index in [-0.39, 0.29) is 12.5 Å². The van der Waals surface area contributed by atoms with E-state index in [1.165, 1.54) is 0 Å². The van der Waals surface area contributed by atoms with Gasteiger partial charge in [-0.2, -0.15) is 5.10 Å². The summed E-state index contributed by atoms with van der Waals surface area (Å²) in [7, 11) is 0. The average Bonchev–Trinajstić information content (AvgIpc) is 3.15. The molecule has 27 heavy (non-hydrogen) atoms. The summed E-state index contributed by atoms with van der Waals surface area (Å²) in [6.45, 7) is 6.59. The van der Waals surface area contributed by atoms with Gasteiger partial charge in [0.05, 0.1) is 17.5 Å². The number of aromatic nitrogens is 3. The van der Waals surface area contributed by atoms with Crippen molar-refractivity contribution in [3.05, 3.63) is 59.9 Å². The molecule has 0 saturated carbocycles. The zero-order chi connectivity index (χ0) is 19.4. The van der Waals surface area contributed by atoms with Crippen LogP contribution in [0.3, 0.4) is 0 Å². The lowest BCUT2D eigenvalue weighted by Crippen LogP contribution is -2.30. The molecule has 2 aromatic heterocycles. The van der Waals surface area contributed by atoms with E-state index in [1.54, 1.807) is 13.1 Å². The van der Waals surface area contributed by atoms with E-state index < -0.39 is 6.10 Å². The van der Waals surface area contributed by atoms with Gasteiger partial charge in [0.25, 0.3) is 5.91 Å². The number of carbonyl (C=O) groups is 1. The SMILES string of the molecule is CCn1nccc1-c1cc(C(=O)NCC(C)O)cc(-c2ccc(C)cn2)c1. The van der Waals surface area contributed by atoms with Crippen LogP contribution in [0.2, 0.25) is 0 Å². The lowest BCUT2D eigenvalue weighted by molar-refractivity contribution is 0.0924. The molecule has 140 valence electrons. The van der Waals surface area contributed by atoms with Crippen molar-refractivity contribution in [1.82, 2.24) is 20.1 Å². The molecule has 1 aromatic carbocycles. The highest BCUT2D eigenvalue weighted by molar-refractivity contribution is 5.97. The lowest BCUT2D eigenvalue weighted by Gasteiger charge is -2.12. The number of hydrogen-bond donors (Lipinski definition) is 2. The molecule has 3 rings (SSSR count). The standard InChI is InChI=1S/C21H24N4O2/c1-4-25-20(7-8-24-25)17-9-16(19-6-5-14(2)12-22-19)10-18(11-17)21(27)23-13-15(3)26/h5-12,15,26H,4,13H2,1-3H3,(H,23,27). The van der Waals surface area contributed by atoms with Crippen LogP contribution >= 0.6 is 0 Å². The van der Waals surface area contributed by atoms with E-state index in [2.05, 4.69) is 15.4 Å². The number of nitrogens with one attached hydrogen (secondary N) is 1. The minimum atomic E-state index is -0.600. The molecule has 1 unspecified atom stereocenters. The van der Waals surface area contributed by atoms with Gasteiger partial charge in [-0.05, 0) is 56.7 Å². The van der Waals surface area contributed by atoms with Gasteiger partial charge in [-0.1, -0.05) is 6.07 Å². The highest BCUT2D eigenvalue weighted by atomic mass is 16.3. The Labute approximate surface area is 158 Å². The van der Waals surface area contributed by atoms with E-state index in [4.69, 9.17) is 0 Å². The number of amides is 1. The molecule has 0 radical (unpaired) electrons. The van der Waals surface area contributed by atoms with E-state index >= 15 is 0 Å². The van der Waals surface area contributed by atoms with E-state index in [1.807, 2.05) is 61.1 Å². The van der Waals surface area contributed by atoms with Gasteiger partial charge in [0.1, 0.15) is 0 Å². The second-order valence-electron chi connectivity index (χ2n) is 6.61. The first kappa shape index (κ1) is 18.8. The van der Waals surface area contributed by atoms with Gasteiger partial charge in [0.2, 0.25) is 0 Å². The van der Waals surface area contributed by atoms with E-state index in [0.717, 1.165) is 34.6 Å². The van der Waals surface area contributed by atoms with Gasteiger partial charge in [-0.3, -0.25) is 14.5 Å². The fourth-order valence-electron chi connectivity index (χ4n) is 2.87. The molecular formula is C21H24N4O2. The predicted molar refractivity (Wildman–Crippen MR) is 105 cm³/mol. The molecule has 0 aliphatic heterocycles. The molecule has 0 aliphatic carbocycles. The summed E-state index contributed by atoms with van der Waals surface area (Å²) in [5.41, 5.74) is 5.10. The van der Waals surface area contributed by atoms with Crippen molar-refractivity contribution in [2.75, 3.05) is 6.54 Å². The first-order valence-corrected chi connectivity index (χ1v) is 9.04. The number of aliphatic hydroxyl groups is 1. The van der Waals surface area contributed by atoms with Gasteiger partial charge in [-0.25, -0.2) is 0 Å². The Morgan fingerprint density at radius 3 is 2.67 bits per heavy atom. The van der Waals surface area contributed by atoms with Crippen molar-refractivity contribution in [3.63, 3.8) is 0 Å². The second kappa shape index (κ2) is 8.14. The summed E-state index contributed by atoms with van der Waals surface area (Å²) in [4.78, 5) is 17.1. The Hall–Kier alpha value is -2.99. The van der Waals surface area contributed by atoms with Crippen LogP contribution in [0, 0.1) is 6.92 Å². The van der Waals surface area contributed by atoms with Crippen molar-refractivity contribution < 1.29 is 9.90 Å². The minimum absolute atomic E-state index is 0.202. The molecule has 2 N–H and O–H groups in total. The zero-order valence-corrected chi connectivity index (χ0v) is 15.8. The van der Waals surface area contributed by atoms with Crippen LogP contribution in [0.4, 0.5) is 0 Å². The van der Waals surface area contributed by atoms with Gasteiger partial charge >= 0.3 is 0 Å². The Morgan fingerprint density at radius 2 is 2.00 bits per heavy atom. The highest BCUT2D eigenvalue weighted by Crippen LogP contribution is 2.27. The van der Waals surface area contributed by atoms with Crippen LogP contribution in [0.15, 0.2) is 48.8 Å². The molecule has 0 saturated heterocycles. The highest BCUT2D eigenvalue weighted by Gasteiger charge is 2.14. The van der Waals surface area contributed by atoms with Crippen molar-refractivity contribution >= 4 is 5.91 Å². The summed E-state index contributed by atoms with van der Waals surface area (Å²) in [5, 5.41) is 16.5. The molecule has 1 atom stereocenters. The molecule has 3 aromatic rings. The molecular weight excluding hydrogens is 340 g/mol. The predicted octanol–water partition coefficient (Wildman–Crippen LogP) is 3.05. The maximum absolute atomic E-state index is 12.6. The maximum Gasteiger partial charge on any atom is 0.251 e. The minimum Gasteiger partial charge on any atom is -0.392 e. The van der Waals surface area contributed by atoms with Gasteiger partial charge in [0, 0.05) is 42.2 Å². The van der Waals surface area contributed by atoms with Crippen LogP contribution < -0.4 is 5.32 Å². The number of nitrogens with zero attached hydrogens (tertiary/aromatic N) is 3. The molecule has 0 aliphatic rings. The molecule has 6 heteroatoms. The topological polar surface area (TPSA) is 80.0 Å². The van der Waals surface area contributed by atoms with Crippen LogP contribution in [-0.2, 0) is 6.54 Å². The Balaban J connectivity index is 2.07. The molecule has 6 nitrogen and oxygen atoms in total. The maximum atomic E-state index is 12.6. The summed E-state index contributed by atoms with van der Waals surface area (Å²) in [6, 6.07) is 11.6. The number of aryl methyl sites for hydroxylation is 2. The van der Waals surface area contributed by atoms with Crippen LogP contribution in [0.25, 0.3) is 22.5 Å². The van der Waals surface area contributed by atoms with Crippen molar-refractivity contribution in [2.24, 2.45) is 0 Å². The Bertz CT molecular complexity index is 930. The third-order valence-electron chi connectivity index (χ3n) is 4.27. The normalized spacial score (nSPS) is 12.0. The quantitative estimate of drug-likeness (QED) is 0.704. The van der Waals surface area contributed by atoms with Crippen molar-refractivity contribution in [3.8, 4) is 22.5 Å². The van der Waals surface area contributed by atoms with Crippen LogP contribution in [0.5, 0.6) is 0 Å². The molecule has 0 bridgehead atoms.